The van der Waals surface area contributed by atoms with Crippen LogP contribution in [0.3, 0.4) is 0 Å². The van der Waals surface area contributed by atoms with Crippen LogP contribution >= 0.6 is 11.3 Å². The molecule has 0 spiro atoms. The number of amides is 3. The smallest absolute Gasteiger partial charge is 0.306 e. The van der Waals surface area contributed by atoms with Gasteiger partial charge in [0.15, 0.2) is 6.10 Å². The molecular formula is C39H59N5O8S. The Labute approximate surface area is 317 Å². The summed E-state index contributed by atoms with van der Waals surface area (Å²) in [4.78, 5) is 74.3. The summed E-state index contributed by atoms with van der Waals surface area (Å²) >= 11 is 1.15. The number of likely N-dealkylation sites (tertiary alicyclic amines) is 1. The van der Waals surface area contributed by atoms with E-state index < -0.39 is 48.0 Å². The van der Waals surface area contributed by atoms with Gasteiger partial charge in [-0.15, -0.1) is 11.3 Å². The minimum atomic E-state index is -0.972. The number of piperidine rings is 1. The molecule has 1 aromatic heterocycles. The topological polar surface area (TPSA) is 178 Å². The number of carboxylic acid groups (broad SMARTS) is 1. The van der Waals surface area contributed by atoms with Crippen LogP contribution < -0.4 is 10.6 Å². The molecule has 2 heterocycles. The summed E-state index contributed by atoms with van der Waals surface area (Å²) in [6, 6.07) is 7.41. The first-order chi connectivity index (χ1) is 25.0. The van der Waals surface area contributed by atoms with Gasteiger partial charge >= 0.3 is 11.9 Å². The molecule has 1 aliphatic heterocycles. The predicted molar refractivity (Wildman–Crippen MR) is 203 cm³/mol. The van der Waals surface area contributed by atoms with Gasteiger partial charge in [0.05, 0.1) is 12.0 Å². The average Bonchev–Trinajstić information content (AvgIpc) is 3.52. The molecule has 13 nitrogen and oxygen atoms in total. The number of aliphatic hydroxyl groups is 1. The van der Waals surface area contributed by atoms with Crippen LogP contribution in [0.1, 0.15) is 106 Å². The van der Waals surface area contributed by atoms with Crippen molar-refractivity contribution < 1.29 is 38.9 Å². The number of likely N-dealkylation sites (N-methyl/N-ethyl adjacent to an activating group) is 2. The van der Waals surface area contributed by atoms with Crippen molar-refractivity contribution in [2.45, 2.75) is 117 Å². The fourth-order valence-electron chi connectivity index (χ4n) is 6.88. The van der Waals surface area contributed by atoms with E-state index in [2.05, 4.69) is 15.6 Å². The van der Waals surface area contributed by atoms with E-state index in [1.165, 1.54) is 6.92 Å². The highest BCUT2D eigenvalue weighted by molar-refractivity contribution is 7.12. The van der Waals surface area contributed by atoms with Crippen molar-refractivity contribution in [3.63, 3.8) is 0 Å². The number of esters is 1. The van der Waals surface area contributed by atoms with Gasteiger partial charge < -0.3 is 30.5 Å². The molecule has 1 fully saturated rings. The molecule has 6 atom stereocenters. The zero-order valence-electron chi connectivity index (χ0n) is 32.5. The highest BCUT2D eigenvalue weighted by Gasteiger charge is 2.37. The number of benzene rings is 1. The molecule has 14 heteroatoms. The number of aliphatic hydroxyl groups excluding tert-OH is 1. The Balaban J connectivity index is 1.90. The molecule has 2 aromatic rings. The van der Waals surface area contributed by atoms with E-state index in [-0.39, 0.29) is 61.3 Å². The molecule has 1 saturated heterocycles. The van der Waals surface area contributed by atoms with Gasteiger partial charge in [-0.05, 0) is 56.7 Å². The van der Waals surface area contributed by atoms with Gasteiger partial charge in [-0.25, -0.2) is 4.98 Å². The van der Waals surface area contributed by atoms with Gasteiger partial charge in [0, 0.05) is 50.4 Å². The molecule has 3 amide bonds. The molecule has 1 unspecified atom stereocenters. The van der Waals surface area contributed by atoms with E-state index in [0.29, 0.717) is 16.3 Å². The van der Waals surface area contributed by atoms with Crippen LogP contribution in [0, 0.1) is 17.8 Å². The van der Waals surface area contributed by atoms with Crippen LogP contribution in [0.2, 0.25) is 0 Å². The zero-order valence-corrected chi connectivity index (χ0v) is 33.3. The summed E-state index contributed by atoms with van der Waals surface area (Å²) in [6.07, 6.45) is 2.67. The molecule has 294 valence electrons. The fraction of sp³-hybridized carbons (Fsp3) is 0.641. The summed E-state index contributed by atoms with van der Waals surface area (Å²) in [6.45, 7) is 11.2. The van der Waals surface area contributed by atoms with Gasteiger partial charge in [-0.2, -0.15) is 0 Å². The maximum atomic E-state index is 14.1. The zero-order chi connectivity index (χ0) is 39.4. The number of rotatable bonds is 19. The molecular weight excluding hydrogens is 699 g/mol. The summed E-state index contributed by atoms with van der Waals surface area (Å²) in [5.41, 5.74) is 0.997. The van der Waals surface area contributed by atoms with Crippen LogP contribution in [-0.4, -0.2) is 106 Å². The first-order valence-corrected chi connectivity index (χ1v) is 19.5. The lowest BCUT2D eigenvalue weighted by molar-refractivity contribution is -0.149. The number of nitrogens with one attached hydrogen (secondary N) is 2. The second kappa shape index (κ2) is 20.5. The number of aromatic nitrogens is 1. The number of aliphatic carboxylic acids is 1. The molecule has 3 rings (SSSR count). The Hall–Kier alpha value is -3.88. The summed E-state index contributed by atoms with van der Waals surface area (Å²) < 4.78 is 5.81. The minimum absolute atomic E-state index is 0.0676. The van der Waals surface area contributed by atoms with E-state index in [1.54, 1.807) is 18.9 Å². The molecule has 0 saturated carbocycles. The van der Waals surface area contributed by atoms with Crippen LogP contribution in [0.5, 0.6) is 0 Å². The monoisotopic (exact) mass is 757 g/mol. The normalized spacial score (nSPS) is 17.8. The number of ether oxygens (including phenoxy) is 1. The molecule has 1 aliphatic rings. The lowest BCUT2D eigenvalue weighted by Crippen LogP contribution is -2.57. The van der Waals surface area contributed by atoms with Crippen LogP contribution in [0.4, 0.5) is 0 Å². The van der Waals surface area contributed by atoms with Crippen molar-refractivity contribution in [3.8, 4) is 0 Å². The maximum Gasteiger partial charge on any atom is 0.306 e. The first-order valence-electron chi connectivity index (χ1n) is 18.7. The van der Waals surface area contributed by atoms with Crippen molar-refractivity contribution in [2.75, 3.05) is 27.2 Å². The Kier molecular flexibility index (Phi) is 16.9. The molecule has 0 aliphatic carbocycles. The Bertz CT molecular complexity index is 1530. The summed E-state index contributed by atoms with van der Waals surface area (Å²) in [5.74, 6) is -3.48. The third-order valence-electron chi connectivity index (χ3n) is 9.95. The third kappa shape index (κ3) is 12.6. The fourth-order valence-corrected chi connectivity index (χ4v) is 7.97. The Morgan fingerprint density at radius 3 is 2.26 bits per heavy atom. The van der Waals surface area contributed by atoms with Gasteiger partial charge in [-0.1, -0.05) is 71.4 Å². The predicted octanol–water partition coefficient (Wildman–Crippen LogP) is 4.23. The Morgan fingerprint density at radius 1 is 1.02 bits per heavy atom. The highest BCUT2D eigenvalue weighted by atomic mass is 32.1. The number of thiazole rings is 1. The van der Waals surface area contributed by atoms with Crippen LogP contribution in [0.15, 0.2) is 30.3 Å². The van der Waals surface area contributed by atoms with Crippen LogP contribution in [0.25, 0.3) is 0 Å². The van der Waals surface area contributed by atoms with Crippen molar-refractivity contribution in [2.24, 2.45) is 17.8 Å². The molecule has 4 N–H and O–H groups in total. The van der Waals surface area contributed by atoms with Crippen molar-refractivity contribution in [1.29, 1.82) is 0 Å². The number of carbonyl (C=O) groups excluding carboxylic acids is 4. The third-order valence-corrected chi connectivity index (χ3v) is 11.2. The molecule has 0 bridgehead atoms. The molecule has 1 aromatic carbocycles. The van der Waals surface area contributed by atoms with Crippen molar-refractivity contribution in [3.05, 3.63) is 51.5 Å². The summed E-state index contributed by atoms with van der Waals surface area (Å²) in [5, 5.41) is 25.9. The second-order valence-electron chi connectivity index (χ2n) is 14.9. The number of nitrogens with zero attached hydrogens (tertiary/aromatic N) is 3. The maximum absolute atomic E-state index is 14.1. The Morgan fingerprint density at radius 2 is 1.70 bits per heavy atom. The molecule has 0 radical (unpaired) electrons. The van der Waals surface area contributed by atoms with E-state index in [9.17, 15) is 34.2 Å². The lowest BCUT2D eigenvalue weighted by atomic mass is 9.94. The van der Waals surface area contributed by atoms with Crippen molar-refractivity contribution in [1.82, 2.24) is 25.4 Å². The largest absolute Gasteiger partial charge is 0.481 e. The van der Waals surface area contributed by atoms with E-state index >= 15 is 0 Å². The van der Waals surface area contributed by atoms with Crippen LogP contribution in [-0.2, 0) is 36.8 Å². The lowest BCUT2D eigenvalue weighted by Gasteiger charge is -2.37. The number of hydrogen-bond donors (Lipinski definition) is 4. The number of carboxylic acids is 1. The van der Waals surface area contributed by atoms with E-state index in [0.717, 1.165) is 42.7 Å². The first kappa shape index (κ1) is 43.5. The summed E-state index contributed by atoms with van der Waals surface area (Å²) in [7, 11) is 3.61. The second-order valence-corrected chi connectivity index (χ2v) is 16.1. The number of carbonyl (C=O) groups is 5. The average molecular weight is 758 g/mol. The van der Waals surface area contributed by atoms with E-state index in [4.69, 9.17) is 4.74 Å². The highest BCUT2D eigenvalue weighted by Crippen LogP contribution is 2.33. The SMILES string of the molecule is CC(=O)O[C@H](C[C@@H](C(C)C)N(C)C(=O)[C@@H](NC(=O)C1CCCCN1C)C(C)C)c1nc(C(=O)N[C@H](Cc2ccccc2)C[C@@H](C)C(=O)O)c(CCO)s1. The standard InChI is InChI=1S/C39H59N5O8S/c1-23(2)30(44(8)38(49)33(24(3)4)41-35(47)29-16-12-13-18-43(29)7)22-31(52-26(6)46)37-42-34(32(53-37)17-19-45)36(48)40-28(20-25(5)39(50)51)21-27-14-10-9-11-15-27/h9-11,14-15,23-25,28-31,33,45H,12-13,16-22H2,1-8H3,(H,40,48)(H,41,47)(H,50,51)/t25-,28+,29?,30+,31-,33+/m1/s1. The molecule has 53 heavy (non-hydrogen) atoms. The van der Waals surface area contributed by atoms with Gasteiger partial charge in [-0.3, -0.25) is 28.9 Å². The van der Waals surface area contributed by atoms with Gasteiger partial charge in [0.1, 0.15) is 16.7 Å². The quantitative estimate of drug-likeness (QED) is 0.152. The van der Waals surface area contributed by atoms with Crippen molar-refractivity contribution >= 4 is 41.0 Å². The van der Waals surface area contributed by atoms with Gasteiger partial charge in [0.25, 0.3) is 5.91 Å². The number of hydrogen-bond acceptors (Lipinski definition) is 10. The van der Waals surface area contributed by atoms with Gasteiger partial charge in [0.2, 0.25) is 11.8 Å². The van der Waals surface area contributed by atoms with E-state index in [1.807, 2.05) is 70.0 Å². The minimum Gasteiger partial charge on any atom is -0.481 e.